The highest BCUT2D eigenvalue weighted by molar-refractivity contribution is 5.75. The number of nitrogens with zero attached hydrogens (tertiary/aromatic N) is 2. The van der Waals surface area contributed by atoms with Crippen LogP contribution in [-0.2, 0) is 27.7 Å². The van der Waals surface area contributed by atoms with Crippen molar-refractivity contribution in [2.45, 2.75) is 52.2 Å². The molecule has 152 valence electrons. The lowest BCUT2D eigenvalue weighted by Crippen LogP contribution is -2.47. The number of carbonyl (C=O) groups is 1. The number of imidazole rings is 1. The Kier molecular flexibility index (Phi) is 6.20. The molecule has 6 heteroatoms. The number of carboxylic acids is 1. The molecule has 1 aromatic carbocycles. The van der Waals surface area contributed by atoms with Gasteiger partial charge in [-0.15, -0.1) is 0 Å². The smallest absolute Gasteiger partial charge is 0.364 e. The Labute approximate surface area is 166 Å². The van der Waals surface area contributed by atoms with Crippen LogP contribution in [0.5, 0.6) is 0 Å². The van der Waals surface area contributed by atoms with Crippen LogP contribution in [0.2, 0.25) is 0 Å². The summed E-state index contributed by atoms with van der Waals surface area (Å²) in [5.41, 5.74) is 4.74. The van der Waals surface area contributed by atoms with Gasteiger partial charge in [0.1, 0.15) is 5.82 Å². The molecule has 1 saturated heterocycles. The second-order valence-corrected chi connectivity index (χ2v) is 7.88. The molecule has 0 atom stereocenters. The van der Waals surface area contributed by atoms with Crippen molar-refractivity contribution in [3.05, 3.63) is 41.2 Å². The Bertz CT molecular complexity index is 818. The van der Waals surface area contributed by atoms with Gasteiger partial charge in [0.25, 0.3) is 5.79 Å². The van der Waals surface area contributed by atoms with Crippen molar-refractivity contribution in [3.63, 3.8) is 0 Å². The van der Waals surface area contributed by atoms with Gasteiger partial charge < -0.3 is 19.1 Å². The van der Waals surface area contributed by atoms with Gasteiger partial charge in [-0.25, -0.2) is 9.78 Å². The van der Waals surface area contributed by atoms with Gasteiger partial charge in [0.05, 0.1) is 18.9 Å². The van der Waals surface area contributed by atoms with E-state index in [0.717, 1.165) is 42.8 Å². The van der Waals surface area contributed by atoms with Crippen LogP contribution in [0.3, 0.4) is 0 Å². The zero-order valence-corrected chi connectivity index (χ0v) is 17.2. The van der Waals surface area contributed by atoms with Gasteiger partial charge in [-0.1, -0.05) is 36.2 Å². The van der Waals surface area contributed by atoms with Crippen LogP contribution in [0.4, 0.5) is 0 Å². The van der Waals surface area contributed by atoms with E-state index in [4.69, 9.17) is 19.6 Å². The van der Waals surface area contributed by atoms with Crippen LogP contribution in [-0.4, -0.2) is 39.6 Å². The summed E-state index contributed by atoms with van der Waals surface area (Å²) in [6.07, 6.45) is 3.98. The maximum Gasteiger partial charge on any atom is 0.364 e. The van der Waals surface area contributed by atoms with Crippen LogP contribution < -0.4 is 0 Å². The number of aryl methyl sites for hydroxylation is 2. The molecule has 2 aromatic rings. The van der Waals surface area contributed by atoms with Gasteiger partial charge in [-0.05, 0) is 33.1 Å². The van der Waals surface area contributed by atoms with Crippen molar-refractivity contribution in [1.82, 2.24) is 9.55 Å². The van der Waals surface area contributed by atoms with Crippen molar-refractivity contribution in [3.8, 4) is 11.4 Å². The zero-order chi connectivity index (χ0) is 20.3. The summed E-state index contributed by atoms with van der Waals surface area (Å²) in [6, 6.07) is 8.47. The van der Waals surface area contributed by atoms with Gasteiger partial charge in [0.2, 0.25) is 0 Å². The Morgan fingerprint density at radius 1 is 1.21 bits per heavy atom. The second kappa shape index (κ2) is 8.45. The van der Waals surface area contributed by atoms with E-state index in [0.29, 0.717) is 13.2 Å². The molecule has 28 heavy (non-hydrogen) atoms. The summed E-state index contributed by atoms with van der Waals surface area (Å²) in [7, 11) is 2.07. The molecule has 1 fully saturated rings. The van der Waals surface area contributed by atoms with Crippen molar-refractivity contribution in [2.75, 3.05) is 13.2 Å². The first-order valence-electron chi connectivity index (χ1n) is 9.90. The highest BCUT2D eigenvalue weighted by Crippen LogP contribution is 2.26. The lowest BCUT2D eigenvalue weighted by Gasteiger charge is -2.34. The van der Waals surface area contributed by atoms with E-state index in [1.54, 1.807) is 0 Å². The molecule has 1 aliphatic rings. The number of aromatic nitrogens is 2. The Hall–Kier alpha value is -2.18. The van der Waals surface area contributed by atoms with E-state index in [2.05, 4.69) is 49.7 Å². The Morgan fingerprint density at radius 3 is 2.46 bits per heavy atom. The molecule has 6 nitrogen and oxygen atoms in total. The largest absolute Gasteiger partial charge is 0.477 e. The number of rotatable bonds is 7. The van der Waals surface area contributed by atoms with Crippen LogP contribution in [0.25, 0.3) is 11.4 Å². The highest BCUT2D eigenvalue weighted by Gasteiger charge is 2.40. The van der Waals surface area contributed by atoms with Crippen LogP contribution in [0.1, 0.15) is 43.1 Å². The van der Waals surface area contributed by atoms with Gasteiger partial charge in [-0.2, -0.15) is 0 Å². The van der Waals surface area contributed by atoms with Crippen molar-refractivity contribution < 1.29 is 19.4 Å². The molecule has 3 rings (SSSR count). The first-order valence-corrected chi connectivity index (χ1v) is 9.90. The Morgan fingerprint density at radius 2 is 1.86 bits per heavy atom. The van der Waals surface area contributed by atoms with Crippen LogP contribution >= 0.6 is 0 Å². The van der Waals surface area contributed by atoms with Crippen LogP contribution in [0.15, 0.2) is 24.3 Å². The molecule has 1 aliphatic heterocycles. The van der Waals surface area contributed by atoms with E-state index in [9.17, 15) is 4.79 Å². The molecule has 0 unspecified atom stereocenters. The molecule has 0 bridgehead atoms. The van der Waals surface area contributed by atoms with E-state index < -0.39 is 11.8 Å². The van der Waals surface area contributed by atoms with E-state index in [-0.39, 0.29) is 5.92 Å². The summed E-state index contributed by atoms with van der Waals surface area (Å²) < 4.78 is 13.0. The van der Waals surface area contributed by atoms with E-state index in [1.165, 1.54) is 18.2 Å². The third kappa shape index (κ3) is 4.45. The summed E-state index contributed by atoms with van der Waals surface area (Å²) in [6.45, 7) is 6.53. The molecular weight excluding hydrogens is 356 g/mol. The van der Waals surface area contributed by atoms with Crippen molar-refractivity contribution in [1.29, 1.82) is 0 Å². The maximum atomic E-state index is 11.1. The van der Waals surface area contributed by atoms with Gasteiger partial charge in [-0.3, -0.25) is 0 Å². The number of unbranched alkanes of at least 4 members (excludes halogenated alkanes) is 1. The molecule has 1 N–H and O–H groups in total. The number of carboxylic acid groups (broad SMARTS) is 1. The minimum absolute atomic E-state index is 0.250. The zero-order valence-electron chi connectivity index (χ0n) is 17.2. The van der Waals surface area contributed by atoms with Crippen LogP contribution in [0, 0.1) is 19.8 Å². The second-order valence-electron chi connectivity index (χ2n) is 7.88. The normalized spacial score (nSPS) is 22.4. The molecule has 0 amide bonds. The monoisotopic (exact) mass is 386 g/mol. The minimum atomic E-state index is -1.49. The maximum absolute atomic E-state index is 11.1. The lowest BCUT2D eigenvalue weighted by molar-refractivity contribution is -0.271. The molecular formula is C22H30N2O4. The first kappa shape index (κ1) is 20.6. The fourth-order valence-electron chi connectivity index (χ4n) is 3.49. The molecule has 2 heterocycles. The number of aliphatic carboxylic acids is 1. The average Bonchev–Trinajstić information content (AvgIpc) is 2.96. The third-order valence-corrected chi connectivity index (χ3v) is 5.64. The average molecular weight is 386 g/mol. The van der Waals surface area contributed by atoms with Crippen molar-refractivity contribution >= 4 is 5.97 Å². The number of benzene rings is 1. The minimum Gasteiger partial charge on any atom is -0.477 e. The molecule has 0 aliphatic carbocycles. The predicted molar refractivity (Wildman–Crippen MR) is 107 cm³/mol. The van der Waals surface area contributed by atoms with E-state index in [1.807, 2.05) is 0 Å². The molecule has 0 radical (unpaired) electrons. The molecule has 0 saturated carbocycles. The summed E-state index contributed by atoms with van der Waals surface area (Å²) in [4.78, 5) is 16.0. The number of ether oxygens (including phenoxy) is 2. The fourth-order valence-corrected chi connectivity index (χ4v) is 3.49. The van der Waals surface area contributed by atoms with Gasteiger partial charge in [0.15, 0.2) is 0 Å². The van der Waals surface area contributed by atoms with Crippen molar-refractivity contribution in [2.24, 2.45) is 13.0 Å². The summed E-state index contributed by atoms with van der Waals surface area (Å²) in [5.74, 6) is -1.30. The number of hydrogen-bond acceptors (Lipinski definition) is 4. The number of hydrogen-bond donors (Lipinski definition) is 1. The standard InChI is InChI=1S/C22H30N2O4/c1-15-9-11-18(12-10-15)20-23-19(16(2)24(20)4)8-6-5-7-17-13-27-22(3,21(25)26)28-14-17/h9-12,17H,5-8,13-14H2,1-4H3,(H,25,26). The topological polar surface area (TPSA) is 73.6 Å². The van der Waals surface area contributed by atoms with E-state index >= 15 is 0 Å². The quantitative estimate of drug-likeness (QED) is 0.731. The Balaban J connectivity index is 1.50. The SMILES string of the molecule is Cc1ccc(-c2nc(CCCCC3COC(C)(C(=O)O)OC3)c(C)n2C)cc1. The predicted octanol–water partition coefficient (Wildman–Crippen LogP) is 3.88. The fraction of sp³-hybridized carbons (Fsp3) is 0.545. The third-order valence-electron chi connectivity index (χ3n) is 5.64. The molecule has 1 aromatic heterocycles. The summed E-state index contributed by atoms with van der Waals surface area (Å²) >= 11 is 0. The summed E-state index contributed by atoms with van der Waals surface area (Å²) in [5, 5.41) is 9.11. The van der Waals surface area contributed by atoms with Gasteiger partial charge >= 0.3 is 5.97 Å². The highest BCUT2D eigenvalue weighted by atomic mass is 16.7. The first-order chi connectivity index (χ1) is 13.3. The lowest BCUT2D eigenvalue weighted by atomic mass is 10.0. The molecule has 0 spiro atoms. The van der Waals surface area contributed by atoms with Gasteiger partial charge in [0, 0.05) is 31.1 Å².